The highest BCUT2D eigenvalue weighted by Crippen LogP contribution is 2.24. The molecule has 3 N–H and O–H groups in total. The van der Waals surface area contributed by atoms with Crippen LogP contribution in [0.5, 0.6) is 0 Å². The Morgan fingerprint density at radius 1 is 1.10 bits per heavy atom. The molecule has 1 unspecified atom stereocenters. The summed E-state index contributed by atoms with van der Waals surface area (Å²) in [6.07, 6.45) is 0. The molecule has 0 aliphatic heterocycles. The van der Waals surface area contributed by atoms with Gasteiger partial charge in [0.15, 0.2) is 0 Å². The number of aliphatic hydroxyl groups is 1. The Balaban J connectivity index is 2.68. The molecule has 0 amide bonds. The van der Waals surface area contributed by atoms with E-state index >= 15 is 0 Å². The fourth-order valence-corrected chi connectivity index (χ4v) is 1.54. The van der Waals surface area contributed by atoms with Crippen LogP contribution < -0.4 is 11.2 Å². The van der Waals surface area contributed by atoms with Crippen LogP contribution in [0.1, 0.15) is 53.1 Å². The molecule has 0 saturated heterocycles. The Bertz CT molecular complexity index is 421. The molecule has 4 heteroatoms. The van der Waals surface area contributed by atoms with Gasteiger partial charge in [0.25, 0.3) is 0 Å². The van der Waals surface area contributed by atoms with Crippen molar-refractivity contribution in [3.05, 3.63) is 29.8 Å². The molecule has 20 heavy (non-hydrogen) atoms. The van der Waals surface area contributed by atoms with Gasteiger partial charge < -0.3 is 15.5 Å². The molecule has 0 bridgehead atoms. The fraction of sp³-hybridized carbons (Fsp3) is 0.625. The second-order valence-electron chi connectivity index (χ2n) is 6.74. The topological polar surface area (TPSA) is 55.5 Å². The van der Waals surface area contributed by atoms with Crippen molar-refractivity contribution in [2.75, 3.05) is 0 Å². The first-order valence-corrected chi connectivity index (χ1v) is 7.13. The van der Waals surface area contributed by atoms with E-state index in [4.69, 9.17) is 10.4 Å². The van der Waals surface area contributed by atoms with Crippen molar-refractivity contribution < 1.29 is 9.76 Å². The first kappa shape index (κ1) is 17.2. The van der Waals surface area contributed by atoms with Crippen molar-refractivity contribution in [2.45, 2.75) is 58.8 Å². The van der Waals surface area contributed by atoms with Crippen molar-refractivity contribution in [2.24, 2.45) is 11.7 Å². The van der Waals surface area contributed by atoms with E-state index in [2.05, 4.69) is 13.8 Å². The largest absolute Gasteiger partial charge is 0.427 e. The van der Waals surface area contributed by atoms with Gasteiger partial charge in [-0.3, -0.25) is 0 Å². The van der Waals surface area contributed by atoms with Crippen molar-refractivity contribution in [3.63, 3.8) is 0 Å². The highest BCUT2D eigenvalue weighted by molar-refractivity contribution is 6.47. The minimum Gasteiger partial charge on any atom is -0.427 e. The molecule has 0 saturated carbocycles. The smallest absolute Gasteiger partial charge is 0.330 e. The summed E-state index contributed by atoms with van der Waals surface area (Å²) in [6, 6.07) is 8.07. The zero-order valence-corrected chi connectivity index (χ0v) is 13.5. The van der Waals surface area contributed by atoms with Gasteiger partial charge in [-0.05, 0) is 39.2 Å². The molecule has 3 nitrogen and oxygen atoms in total. The van der Waals surface area contributed by atoms with Crippen LogP contribution in [-0.2, 0) is 4.65 Å². The first-order valence-electron chi connectivity index (χ1n) is 7.13. The van der Waals surface area contributed by atoms with Crippen LogP contribution in [0.3, 0.4) is 0 Å². The lowest BCUT2D eigenvalue weighted by Gasteiger charge is -2.37. The molecule has 1 rings (SSSR count). The molecular weight excluding hydrogens is 249 g/mol. The second-order valence-corrected chi connectivity index (χ2v) is 6.74. The summed E-state index contributed by atoms with van der Waals surface area (Å²) in [6.45, 7) is 11.4. The van der Waals surface area contributed by atoms with Gasteiger partial charge in [0, 0.05) is 6.04 Å². The van der Waals surface area contributed by atoms with Crippen molar-refractivity contribution in [1.82, 2.24) is 0 Å². The van der Waals surface area contributed by atoms with E-state index in [0.717, 1.165) is 11.0 Å². The third-order valence-corrected chi connectivity index (χ3v) is 4.00. The van der Waals surface area contributed by atoms with Crippen LogP contribution in [0.15, 0.2) is 24.3 Å². The molecule has 1 aromatic rings. The zero-order valence-electron chi connectivity index (χ0n) is 13.5. The summed E-state index contributed by atoms with van der Waals surface area (Å²) < 4.78 is 5.72. The minimum atomic E-state index is -0.913. The number of rotatable bonds is 6. The van der Waals surface area contributed by atoms with Crippen molar-refractivity contribution >= 4 is 12.9 Å². The monoisotopic (exact) mass is 276 g/mol. The Kier molecular flexibility index (Phi) is 5.42. The zero-order chi connectivity index (χ0) is 15.6. The van der Waals surface area contributed by atoms with Crippen molar-refractivity contribution in [1.29, 1.82) is 0 Å². The summed E-state index contributed by atoms with van der Waals surface area (Å²) in [5, 5.41) is 10.0. The van der Waals surface area contributed by atoms with Crippen LogP contribution >= 0.6 is 0 Å². The first-order chi connectivity index (χ1) is 9.04. The summed E-state index contributed by atoms with van der Waals surface area (Å²) in [4.78, 5) is 0. The van der Waals surface area contributed by atoms with Gasteiger partial charge in [-0.2, -0.15) is 0 Å². The second kappa shape index (κ2) is 6.29. The molecule has 0 aliphatic rings. The van der Waals surface area contributed by atoms with Gasteiger partial charge in [-0.25, -0.2) is 0 Å². The Hall–Kier alpha value is -0.835. The summed E-state index contributed by atoms with van der Waals surface area (Å²) in [5.74, 6) is 0.412. The van der Waals surface area contributed by atoms with Gasteiger partial charge in [0.1, 0.15) is 0 Å². The van der Waals surface area contributed by atoms with Gasteiger partial charge in [-0.1, -0.05) is 43.6 Å². The minimum absolute atomic E-state index is 0.0535. The van der Waals surface area contributed by atoms with Gasteiger partial charge >= 0.3 is 7.48 Å². The third kappa shape index (κ3) is 4.34. The van der Waals surface area contributed by atoms with E-state index in [0.29, 0.717) is 5.92 Å². The number of hydrogen-bond acceptors (Lipinski definition) is 3. The Morgan fingerprint density at radius 3 is 2.00 bits per heavy atom. The average molecular weight is 276 g/mol. The number of nitrogens with two attached hydrogens (primary N) is 1. The average Bonchev–Trinajstić information content (AvgIpc) is 2.34. The van der Waals surface area contributed by atoms with Gasteiger partial charge in [0.2, 0.25) is 0 Å². The SMILES string of the molecule is CC(C)C(N)c1ccc([B]OC(C)(C)C(C)(C)O)cc1. The maximum absolute atomic E-state index is 10.0. The van der Waals surface area contributed by atoms with E-state index in [1.165, 1.54) is 0 Å². The standard InChI is InChI=1S/C16H27BNO2/c1-11(2)14(18)12-7-9-13(10-8-12)17-20-16(5,6)15(3,4)19/h7-11,14,19H,18H2,1-6H3. The third-order valence-electron chi connectivity index (χ3n) is 4.00. The quantitative estimate of drug-likeness (QED) is 0.783. The van der Waals surface area contributed by atoms with E-state index < -0.39 is 11.2 Å². The molecule has 111 valence electrons. The highest BCUT2D eigenvalue weighted by atomic mass is 16.5. The summed E-state index contributed by atoms with van der Waals surface area (Å²) in [7, 11) is 1.68. The van der Waals surface area contributed by atoms with Gasteiger partial charge in [-0.15, -0.1) is 0 Å². The van der Waals surface area contributed by atoms with E-state index in [-0.39, 0.29) is 6.04 Å². The van der Waals surface area contributed by atoms with E-state index in [1.807, 2.05) is 38.1 Å². The normalized spacial score (nSPS) is 14.4. The van der Waals surface area contributed by atoms with Crippen molar-refractivity contribution in [3.8, 4) is 0 Å². The maximum Gasteiger partial charge on any atom is 0.330 e. The molecular formula is C16H27BNO2. The lowest BCUT2D eigenvalue weighted by atomic mass is 9.82. The fourth-order valence-electron chi connectivity index (χ4n) is 1.54. The highest BCUT2D eigenvalue weighted by Gasteiger charge is 2.35. The molecule has 0 heterocycles. The van der Waals surface area contributed by atoms with Crippen LogP contribution in [0.2, 0.25) is 0 Å². The van der Waals surface area contributed by atoms with E-state index in [9.17, 15) is 5.11 Å². The molecule has 1 atom stereocenters. The predicted octanol–water partition coefficient (Wildman–Crippen LogP) is 2.15. The van der Waals surface area contributed by atoms with Crippen LogP contribution in [-0.4, -0.2) is 23.8 Å². The van der Waals surface area contributed by atoms with E-state index in [1.54, 1.807) is 21.3 Å². The molecule has 0 aliphatic carbocycles. The lowest BCUT2D eigenvalue weighted by molar-refractivity contribution is -0.0893. The van der Waals surface area contributed by atoms with Crippen LogP contribution in [0.25, 0.3) is 0 Å². The Morgan fingerprint density at radius 2 is 1.60 bits per heavy atom. The summed E-state index contributed by atoms with van der Waals surface area (Å²) >= 11 is 0. The van der Waals surface area contributed by atoms with Crippen LogP contribution in [0.4, 0.5) is 0 Å². The lowest BCUT2D eigenvalue weighted by Crippen LogP contribution is -2.49. The predicted molar refractivity (Wildman–Crippen MR) is 85.1 cm³/mol. The van der Waals surface area contributed by atoms with Crippen LogP contribution in [0, 0.1) is 5.92 Å². The molecule has 0 aromatic heterocycles. The molecule has 0 spiro atoms. The molecule has 1 radical (unpaired) electrons. The Labute approximate surface area is 123 Å². The number of benzene rings is 1. The molecule has 1 aromatic carbocycles. The molecule has 0 fully saturated rings. The number of hydrogen-bond donors (Lipinski definition) is 2. The maximum atomic E-state index is 10.0. The summed E-state index contributed by atoms with van der Waals surface area (Å²) in [5.41, 5.74) is 6.63. The van der Waals surface area contributed by atoms with Gasteiger partial charge in [0.05, 0.1) is 11.2 Å².